The Morgan fingerprint density at radius 2 is 2.00 bits per heavy atom. The van der Waals surface area contributed by atoms with Gasteiger partial charge in [-0.2, -0.15) is 11.8 Å². The number of hydrogen-bond donors (Lipinski definition) is 1. The molecule has 2 aromatic carbocycles. The summed E-state index contributed by atoms with van der Waals surface area (Å²) < 4.78 is 14.1. The van der Waals surface area contributed by atoms with Crippen LogP contribution < -0.4 is 5.32 Å². The fraction of sp³-hybridized carbons (Fsp3) is 0.188. The molecule has 2 nitrogen and oxygen atoms in total. The molecule has 0 bridgehead atoms. The summed E-state index contributed by atoms with van der Waals surface area (Å²) in [5.41, 5.74) is 1.71. The highest BCUT2D eigenvalue weighted by molar-refractivity contribution is 9.10. The zero-order valence-corrected chi connectivity index (χ0v) is 13.7. The molecule has 1 N–H and O–H groups in total. The Bertz CT molecular complexity index is 621. The summed E-state index contributed by atoms with van der Waals surface area (Å²) in [5.74, 6) is 1.13. The number of anilines is 1. The molecule has 1 amide bonds. The monoisotopic (exact) mass is 367 g/mol. The van der Waals surface area contributed by atoms with E-state index in [1.54, 1.807) is 23.9 Å². The Hall–Kier alpha value is -1.33. The third-order valence-corrected chi connectivity index (χ3v) is 4.58. The van der Waals surface area contributed by atoms with E-state index < -0.39 is 0 Å². The number of hydrogen-bond acceptors (Lipinski definition) is 2. The minimum absolute atomic E-state index is 0.0970. The molecule has 0 fully saturated rings. The minimum atomic E-state index is -0.351. The van der Waals surface area contributed by atoms with Gasteiger partial charge in [0.1, 0.15) is 5.82 Å². The minimum Gasteiger partial charge on any atom is -0.326 e. The number of amides is 1. The summed E-state index contributed by atoms with van der Waals surface area (Å²) in [6.07, 6.45) is 0.408. The number of halogens is 2. The van der Waals surface area contributed by atoms with Crippen molar-refractivity contribution >= 4 is 39.3 Å². The Kier molecular flexibility index (Phi) is 6.26. The van der Waals surface area contributed by atoms with Crippen LogP contribution in [-0.4, -0.2) is 11.7 Å². The Morgan fingerprint density at radius 3 is 2.76 bits per heavy atom. The summed E-state index contributed by atoms with van der Waals surface area (Å²) in [6.45, 7) is 0. The fourth-order valence-electron chi connectivity index (χ4n) is 1.75. The first-order chi connectivity index (χ1) is 10.1. The maximum absolute atomic E-state index is 13.0. The standard InChI is InChI=1S/C16H15BrFNOS/c17-15-7-2-1-4-12(15)11-21-9-8-16(20)19-14-6-3-5-13(18)10-14/h1-7,10H,8-9,11H2,(H,19,20). The van der Waals surface area contributed by atoms with Gasteiger partial charge in [0.2, 0.25) is 5.91 Å². The molecule has 110 valence electrons. The van der Waals surface area contributed by atoms with Crippen molar-refractivity contribution in [2.24, 2.45) is 0 Å². The molecule has 0 heterocycles. The van der Waals surface area contributed by atoms with Gasteiger partial charge in [0.05, 0.1) is 0 Å². The maximum atomic E-state index is 13.0. The SMILES string of the molecule is O=C(CCSCc1ccccc1Br)Nc1cccc(F)c1. The predicted octanol–water partition coefficient (Wildman–Crippen LogP) is 4.85. The molecule has 0 aliphatic carbocycles. The van der Waals surface area contributed by atoms with Crippen LogP contribution in [0.4, 0.5) is 10.1 Å². The van der Waals surface area contributed by atoms with Gasteiger partial charge in [0, 0.05) is 28.1 Å². The van der Waals surface area contributed by atoms with Gasteiger partial charge in [-0.05, 0) is 29.8 Å². The second kappa shape index (κ2) is 8.20. The zero-order valence-electron chi connectivity index (χ0n) is 11.3. The third-order valence-electron chi connectivity index (χ3n) is 2.80. The highest BCUT2D eigenvalue weighted by Gasteiger charge is 2.04. The highest BCUT2D eigenvalue weighted by atomic mass is 79.9. The van der Waals surface area contributed by atoms with Gasteiger partial charge in [0.15, 0.2) is 0 Å². The normalized spacial score (nSPS) is 10.4. The molecule has 0 aromatic heterocycles. The van der Waals surface area contributed by atoms with Crippen LogP contribution in [-0.2, 0) is 10.5 Å². The molecule has 0 atom stereocenters. The van der Waals surface area contributed by atoms with E-state index >= 15 is 0 Å². The Balaban J connectivity index is 1.71. The Morgan fingerprint density at radius 1 is 1.19 bits per heavy atom. The first-order valence-electron chi connectivity index (χ1n) is 6.52. The van der Waals surface area contributed by atoms with Crippen molar-refractivity contribution in [1.29, 1.82) is 0 Å². The smallest absolute Gasteiger partial charge is 0.225 e. The van der Waals surface area contributed by atoms with Crippen LogP contribution in [0.5, 0.6) is 0 Å². The molecule has 0 radical (unpaired) electrons. The number of carbonyl (C=O) groups excluding carboxylic acids is 1. The van der Waals surface area contributed by atoms with Crippen LogP contribution in [0.1, 0.15) is 12.0 Å². The molecule has 0 unspecified atom stereocenters. The van der Waals surface area contributed by atoms with Gasteiger partial charge < -0.3 is 5.32 Å². The van der Waals surface area contributed by atoms with Crippen molar-refractivity contribution in [3.63, 3.8) is 0 Å². The number of benzene rings is 2. The van der Waals surface area contributed by atoms with E-state index in [0.717, 1.165) is 16.0 Å². The van der Waals surface area contributed by atoms with Gasteiger partial charge in [0.25, 0.3) is 0 Å². The average Bonchev–Trinajstić information content (AvgIpc) is 2.45. The van der Waals surface area contributed by atoms with Gasteiger partial charge >= 0.3 is 0 Å². The molecule has 0 spiro atoms. The molecular weight excluding hydrogens is 353 g/mol. The zero-order chi connectivity index (χ0) is 15.1. The molecule has 0 saturated carbocycles. The van der Waals surface area contributed by atoms with E-state index in [0.29, 0.717) is 12.1 Å². The van der Waals surface area contributed by atoms with E-state index in [-0.39, 0.29) is 11.7 Å². The summed E-state index contributed by atoms with van der Waals surface area (Å²) in [4.78, 5) is 11.7. The molecule has 0 saturated heterocycles. The van der Waals surface area contributed by atoms with E-state index in [2.05, 4.69) is 27.3 Å². The van der Waals surface area contributed by atoms with Crippen molar-refractivity contribution in [3.8, 4) is 0 Å². The Labute approximate surface area is 136 Å². The lowest BCUT2D eigenvalue weighted by Crippen LogP contribution is -2.12. The topological polar surface area (TPSA) is 29.1 Å². The van der Waals surface area contributed by atoms with Crippen molar-refractivity contribution in [2.75, 3.05) is 11.1 Å². The van der Waals surface area contributed by atoms with Gasteiger partial charge in [-0.3, -0.25) is 4.79 Å². The number of thioether (sulfide) groups is 1. The predicted molar refractivity (Wildman–Crippen MR) is 90.0 cm³/mol. The van der Waals surface area contributed by atoms with Crippen LogP contribution in [0.25, 0.3) is 0 Å². The first kappa shape index (κ1) is 16.0. The van der Waals surface area contributed by atoms with Crippen molar-refractivity contribution in [2.45, 2.75) is 12.2 Å². The molecule has 21 heavy (non-hydrogen) atoms. The largest absolute Gasteiger partial charge is 0.326 e. The quantitative estimate of drug-likeness (QED) is 0.739. The van der Waals surface area contributed by atoms with Crippen molar-refractivity contribution in [3.05, 3.63) is 64.4 Å². The second-order valence-electron chi connectivity index (χ2n) is 4.45. The summed E-state index contributed by atoms with van der Waals surface area (Å²) >= 11 is 5.20. The second-order valence-corrected chi connectivity index (χ2v) is 6.41. The van der Waals surface area contributed by atoms with E-state index in [9.17, 15) is 9.18 Å². The lowest BCUT2D eigenvalue weighted by Gasteiger charge is -2.06. The summed E-state index contributed by atoms with van der Waals surface area (Å²) in [6, 6.07) is 14.0. The van der Waals surface area contributed by atoms with Crippen LogP contribution in [0.3, 0.4) is 0 Å². The highest BCUT2D eigenvalue weighted by Crippen LogP contribution is 2.21. The van der Waals surface area contributed by atoms with Crippen molar-refractivity contribution in [1.82, 2.24) is 0 Å². The van der Waals surface area contributed by atoms with Crippen LogP contribution >= 0.6 is 27.7 Å². The van der Waals surface area contributed by atoms with Gasteiger partial charge in [-0.25, -0.2) is 4.39 Å². The van der Waals surface area contributed by atoms with E-state index in [4.69, 9.17) is 0 Å². The summed E-state index contributed by atoms with van der Waals surface area (Å²) in [7, 11) is 0. The molecular formula is C16H15BrFNOS. The average molecular weight is 368 g/mol. The number of nitrogens with one attached hydrogen (secondary N) is 1. The lowest BCUT2D eigenvalue weighted by molar-refractivity contribution is -0.115. The number of rotatable bonds is 6. The van der Waals surface area contributed by atoms with Gasteiger partial charge in [-0.1, -0.05) is 40.2 Å². The molecule has 5 heteroatoms. The van der Waals surface area contributed by atoms with Crippen molar-refractivity contribution < 1.29 is 9.18 Å². The molecule has 0 aliphatic rings. The van der Waals surface area contributed by atoms with Crippen LogP contribution in [0.2, 0.25) is 0 Å². The van der Waals surface area contributed by atoms with E-state index in [1.165, 1.54) is 17.7 Å². The maximum Gasteiger partial charge on any atom is 0.225 e. The molecule has 0 aliphatic heterocycles. The fourth-order valence-corrected chi connectivity index (χ4v) is 3.31. The number of carbonyl (C=O) groups is 1. The van der Waals surface area contributed by atoms with E-state index in [1.807, 2.05) is 18.2 Å². The third kappa shape index (κ3) is 5.52. The van der Waals surface area contributed by atoms with Crippen LogP contribution in [0.15, 0.2) is 53.0 Å². The molecule has 2 rings (SSSR count). The molecule has 2 aromatic rings. The summed E-state index contributed by atoms with van der Waals surface area (Å²) in [5, 5.41) is 2.69. The first-order valence-corrected chi connectivity index (χ1v) is 8.46. The lowest BCUT2D eigenvalue weighted by atomic mass is 10.2. The van der Waals surface area contributed by atoms with Crippen LogP contribution in [0, 0.1) is 5.82 Å². The van der Waals surface area contributed by atoms with Gasteiger partial charge in [-0.15, -0.1) is 0 Å².